The number of rotatable bonds is 5. The molecule has 0 amide bonds. The smallest absolute Gasteiger partial charge is 0.319 e. The maximum Gasteiger partial charge on any atom is 0.405 e. The largest absolute Gasteiger partial charge is 0.405 e. The Morgan fingerprint density at radius 3 is 2.41 bits per heavy atom. The van der Waals surface area contributed by atoms with E-state index in [9.17, 15) is 18.4 Å². The van der Waals surface area contributed by atoms with Crippen LogP contribution in [-0.2, 0) is 0 Å². The first kappa shape index (κ1) is 20.5. The summed E-state index contributed by atoms with van der Waals surface area (Å²) in [6.45, 7) is 6.75. The van der Waals surface area contributed by atoms with Gasteiger partial charge in [-0.3, -0.25) is 4.98 Å². The monoisotopic (exact) mass is 374 g/mol. The van der Waals surface area contributed by atoms with E-state index in [0.717, 1.165) is 23.6 Å². The number of anilines is 1. The summed E-state index contributed by atoms with van der Waals surface area (Å²) in [6, 6.07) is 9.67. The number of aryl methyl sites for hydroxylation is 2. The maximum atomic E-state index is 12.5. The topological polar surface area (TPSA) is 60.7 Å². The zero-order valence-electron chi connectivity index (χ0n) is 15.6. The molecule has 0 fully saturated rings. The first-order valence-corrected chi connectivity index (χ1v) is 8.36. The van der Waals surface area contributed by atoms with Crippen molar-refractivity contribution in [2.24, 2.45) is 0 Å². The molecule has 0 aliphatic rings. The summed E-state index contributed by atoms with van der Waals surface area (Å²) in [5, 5.41) is 9.62. The van der Waals surface area contributed by atoms with E-state index < -0.39 is 12.2 Å². The van der Waals surface area contributed by atoms with E-state index in [2.05, 4.69) is 21.9 Å². The zero-order valence-corrected chi connectivity index (χ0v) is 15.6. The number of hydrogen-bond donors (Lipinski definition) is 2. The fourth-order valence-corrected chi connectivity index (χ4v) is 2.53. The Kier molecular flexibility index (Phi) is 6.24. The van der Waals surface area contributed by atoms with Gasteiger partial charge in [0.25, 0.3) is 0 Å². The fraction of sp³-hybridized carbons (Fsp3) is 0.300. The Balaban J connectivity index is 2.24. The number of aromatic nitrogens is 1. The second-order valence-electron chi connectivity index (χ2n) is 6.39. The lowest BCUT2D eigenvalue weighted by molar-refractivity contribution is -0.150. The van der Waals surface area contributed by atoms with Crippen LogP contribution in [0.15, 0.2) is 36.5 Å². The molecule has 0 bridgehead atoms. The third-order valence-corrected chi connectivity index (χ3v) is 4.21. The molecule has 2 rings (SSSR count). The molecule has 1 aromatic heterocycles. The SMILES string of the molecule is C/C(=C(/C#N)c1ccc(C)cc1C)c1ccc(NN[C@@H](C)C(F)(F)F)cn1. The number of benzene rings is 1. The quantitative estimate of drug-likeness (QED) is 0.570. The van der Waals surface area contributed by atoms with Crippen LogP contribution in [0.25, 0.3) is 11.1 Å². The molecule has 7 heteroatoms. The fourth-order valence-electron chi connectivity index (χ4n) is 2.53. The molecular formula is C20H21F3N4. The van der Waals surface area contributed by atoms with E-state index in [0.29, 0.717) is 22.5 Å². The van der Waals surface area contributed by atoms with Gasteiger partial charge >= 0.3 is 6.18 Å². The number of halogens is 3. The highest BCUT2D eigenvalue weighted by Gasteiger charge is 2.35. The molecule has 0 saturated carbocycles. The van der Waals surface area contributed by atoms with Crippen molar-refractivity contribution >= 4 is 16.8 Å². The van der Waals surface area contributed by atoms with E-state index in [1.807, 2.05) is 32.0 Å². The molecule has 0 radical (unpaired) electrons. The first-order valence-electron chi connectivity index (χ1n) is 8.36. The predicted molar refractivity (Wildman–Crippen MR) is 101 cm³/mol. The van der Waals surface area contributed by atoms with Crippen LogP contribution in [0, 0.1) is 25.2 Å². The van der Waals surface area contributed by atoms with Gasteiger partial charge in [0, 0.05) is 0 Å². The van der Waals surface area contributed by atoms with E-state index in [1.165, 1.54) is 6.20 Å². The average molecular weight is 374 g/mol. The third kappa shape index (κ3) is 5.08. The van der Waals surface area contributed by atoms with Crippen molar-refractivity contribution in [3.63, 3.8) is 0 Å². The molecule has 2 aromatic rings. The Morgan fingerprint density at radius 1 is 1.19 bits per heavy atom. The number of pyridine rings is 1. The van der Waals surface area contributed by atoms with E-state index >= 15 is 0 Å². The van der Waals surface area contributed by atoms with Crippen molar-refractivity contribution in [1.82, 2.24) is 10.4 Å². The van der Waals surface area contributed by atoms with Crippen molar-refractivity contribution in [2.75, 3.05) is 5.43 Å². The van der Waals surface area contributed by atoms with Crippen LogP contribution in [0.3, 0.4) is 0 Å². The van der Waals surface area contributed by atoms with E-state index in [1.54, 1.807) is 19.1 Å². The van der Waals surface area contributed by atoms with Gasteiger partial charge in [-0.25, -0.2) is 5.43 Å². The molecule has 1 aromatic carbocycles. The Labute approximate surface area is 156 Å². The highest BCUT2D eigenvalue weighted by atomic mass is 19.4. The Morgan fingerprint density at radius 2 is 1.89 bits per heavy atom. The zero-order chi connectivity index (χ0) is 20.2. The average Bonchev–Trinajstić information content (AvgIpc) is 2.61. The Hall–Kier alpha value is -2.85. The third-order valence-electron chi connectivity index (χ3n) is 4.21. The van der Waals surface area contributed by atoms with Crippen LogP contribution in [0.2, 0.25) is 0 Å². The van der Waals surface area contributed by atoms with E-state index in [4.69, 9.17) is 0 Å². The minimum Gasteiger partial charge on any atom is -0.319 e. The highest BCUT2D eigenvalue weighted by Crippen LogP contribution is 2.28. The van der Waals surface area contributed by atoms with Gasteiger partial charge < -0.3 is 5.43 Å². The van der Waals surface area contributed by atoms with Crippen LogP contribution in [-0.4, -0.2) is 17.2 Å². The lowest BCUT2D eigenvalue weighted by atomic mass is 9.95. The van der Waals surface area contributed by atoms with E-state index in [-0.39, 0.29) is 0 Å². The maximum absolute atomic E-state index is 12.5. The van der Waals surface area contributed by atoms with Crippen LogP contribution < -0.4 is 10.9 Å². The lowest BCUT2D eigenvalue weighted by Gasteiger charge is -2.18. The molecular weight excluding hydrogens is 353 g/mol. The predicted octanol–water partition coefficient (Wildman–Crippen LogP) is 5.02. The second-order valence-corrected chi connectivity index (χ2v) is 6.39. The van der Waals surface area contributed by atoms with Gasteiger partial charge in [0.1, 0.15) is 12.1 Å². The van der Waals surface area contributed by atoms with Crippen molar-refractivity contribution in [1.29, 1.82) is 5.26 Å². The number of allylic oxidation sites excluding steroid dienone is 2. The summed E-state index contributed by atoms with van der Waals surface area (Å²) in [6.07, 6.45) is -2.92. The summed E-state index contributed by atoms with van der Waals surface area (Å²) >= 11 is 0. The molecule has 0 aliphatic carbocycles. The number of nitrogens with zero attached hydrogens (tertiary/aromatic N) is 2. The van der Waals surface area contributed by atoms with Crippen molar-refractivity contribution in [2.45, 2.75) is 39.9 Å². The number of hydrazine groups is 1. The van der Waals surface area contributed by atoms with Crippen LogP contribution >= 0.6 is 0 Å². The summed E-state index contributed by atoms with van der Waals surface area (Å²) in [5.74, 6) is 0. The summed E-state index contributed by atoms with van der Waals surface area (Å²) in [4.78, 5) is 4.27. The molecule has 4 nitrogen and oxygen atoms in total. The van der Waals surface area contributed by atoms with Gasteiger partial charge in [-0.1, -0.05) is 23.8 Å². The molecule has 142 valence electrons. The molecule has 0 saturated heterocycles. The highest BCUT2D eigenvalue weighted by molar-refractivity contribution is 5.96. The normalized spacial score (nSPS) is 13.6. The molecule has 0 aliphatic heterocycles. The van der Waals surface area contributed by atoms with Crippen LogP contribution in [0.5, 0.6) is 0 Å². The standard InChI is InChI=1S/C20H21F3N4/c1-12-5-7-17(13(2)9-12)18(10-24)14(3)19-8-6-16(11-25-19)27-26-15(4)20(21,22)23/h5-9,11,15,26-27H,1-4H3/b18-14+/t15-/m0/s1. The molecule has 27 heavy (non-hydrogen) atoms. The van der Waals surface area contributed by atoms with Crippen LogP contribution in [0.1, 0.15) is 36.2 Å². The van der Waals surface area contributed by atoms with Gasteiger partial charge in [0.05, 0.1) is 23.2 Å². The molecule has 0 unspecified atom stereocenters. The van der Waals surface area contributed by atoms with Gasteiger partial charge in [0.15, 0.2) is 0 Å². The summed E-state index contributed by atoms with van der Waals surface area (Å²) in [7, 11) is 0. The molecule has 1 heterocycles. The van der Waals surface area contributed by atoms with Gasteiger partial charge in [0.2, 0.25) is 0 Å². The number of hydrogen-bond acceptors (Lipinski definition) is 4. The van der Waals surface area contributed by atoms with Crippen LogP contribution in [0.4, 0.5) is 18.9 Å². The summed E-state index contributed by atoms with van der Waals surface area (Å²) in [5.41, 5.74) is 9.82. The lowest BCUT2D eigenvalue weighted by Crippen LogP contribution is -2.42. The minimum absolute atomic E-state index is 0.396. The molecule has 1 atom stereocenters. The molecule has 2 N–H and O–H groups in total. The van der Waals surface area contributed by atoms with Gasteiger partial charge in [-0.05, 0) is 56.5 Å². The molecule has 0 spiro atoms. The van der Waals surface area contributed by atoms with Gasteiger partial charge in [-0.15, -0.1) is 0 Å². The van der Waals surface area contributed by atoms with Crippen molar-refractivity contribution < 1.29 is 13.2 Å². The number of nitriles is 1. The second kappa shape index (κ2) is 8.23. The Bertz CT molecular complexity index is 878. The van der Waals surface area contributed by atoms with Crippen molar-refractivity contribution in [3.8, 4) is 6.07 Å². The van der Waals surface area contributed by atoms with Gasteiger partial charge in [-0.2, -0.15) is 18.4 Å². The number of alkyl halides is 3. The van der Waals surface area contributed by atoms with Crippen molar-refractivity contribution in [3.05, 3.63) is 58.9 Å². The number of nitrogens with one attached hydrogen (secondary N) is 2. The summed E-state index contributed by atoms with van der Waals surface area (Å²) < 4.78 is 37.5. The minimum atomic E-state index is -4.34. The first-order chi connectivity index (χ1) is 12.6.